The van der Waals surface area contributed by atoms with E-state index in [4.69, 9.17) is 24.5 Å². The van der Waals surface area contributed by atoms with Crippen molar-refractivity contribution in [3.63, 3.8) is 0 Å². The first-order valence-corrected chi connectivity index (χ1v) is 5.84. The fourth-order valence-corrected chi connectivity index (χ4v) is 0.952. The molecule has 0 heterocycles. The van der Waals surface area contributed by atoms with E-state index in [9.17, 15) is 4.79 Å². The summed E-state index contributed by atoms with van der Waals surface area (Å²) in [5, 5.41) is 3.32. The third-order valence-corrected chi connectivity index (χ3v) is 1.78. The minimum Gasteiger partial charge on any atom is -0.460 e. The molecule has 0 atom stereocenters. The predicted molar refractivity (Wildman–Crippen MR) is 67.6 cm³/mol. The van der Waals surface area contributed by atoms with E-state index in [2.05, 4.69) is 16.6 Å². The van der Waals surface area contributed by atoms with Gasteiger partial charge in [0, 0.05) is 17.5 Å². The molecule has 0 rings (SSSR count). The lowest BCUT2D eigenvalue weighted by Crippen LogP contribution is -2.13. The van der Waals surface area contributed by atoms with Crippen molar-refractivity contribution in [2.24, 2.45) is 5.11 Å². The molecule has 19 heavy (non-hydrogen) atoms. The van der Waals surface area contributed by atoms with Crippen LogP contribution in [0.3, 0.4) is 0 Å². The maximum atomic E-state index is 10.7. The number of rotatable bonds is 13. The van der Waals surface area contributed by atoms with Gasteiger partial charge in [0.2, 0.25) is 0 Å². The lowest BCUT2D eigenvalue weighted by Gasteiger charge is -2.06. The van der Waals surface area contributed by atoms with Crippen LogP contribution < -0.4 is 0 Å². The molecule has 0 fully saturated rings. The zero-order valence-corrected chi connectivity index (χ0v) is 10.8. The van der Waals surface area contributed by atoms with E-state index in [0.717, 1.165) is 6.08 Å². The first-order valence-electron chi connectivity index (χ1n) is 5.84. The maximum Gasteiger partial charge on any atom is 0.330 e. The second kappa shape index (κ2) is 14.5. The Labute approximate surface area is 111 Å². The highest BCUT2D eigenvalue weighted by Gasteiger charge is 1.95. The predicted octanol–water partition coefficient (Wildman–Crippen LogP) is 1.08. The van der Waals surface area contributed by atoms with Gasteiger partial charge in [0.1, 0.15) is 6.61 Å². The standard InChI is InChI=1S/C11H19N3O5/c1-2-11(15)19-10-9-18-8-7-17-6-5-16-4-3-13-14-12/h2H,1,3-10H2. The molecule has 8 nitrogen and oxygen atoms in total. The van der Waals surface area contributed by atoms with Crippen molar-refractivity contribution >= 4 is 5.97 Å². The van der Waals surface area contributed by atoms with Crippen molar-refractivity contribution in [3.05, 3.63) is 23.1 Å². The first-order chi connectivity index (χ1) is 9.31. The second-order valence-corrected chi connectivity index (χ2v) is 3.16. The molecule has 0 N–H and O–H groups in total. The van der Waals surface area contributed by atoms with Crippen molar-refractivity contribution in [3.8, 4) is 0 Å². The number of azide groups is 1. The van der Waals surface area contributed by atoms with Crippen molar-refractivity contribution in [2.45, 2.75) is 0 Å². The van der Waals surface area contributed by atoms with Crippen LogP contribution in [0, 0.1) is 0 Å². The molecule has 0 aliphatic carbocycles. The number of carbonyl (C=O) groups is 1. The molecule has 0 unspecified atom stereocenters. The zero-order chi connectivity index (χ0) is 14.2. The molecule has 0 saturated heterocycles. The van der Waals surface area contributed by atoms with Crippen LogP contribution in [0.4, 0.5) is 0 Å². The van der Waals surface area contributed by atoms with Crippen molar-refractivity contribution in [1.29, 1.82) is 0 Å². The van der Waals surface area contributed by atoms with Gasteiger partial charge in [-0.25, -0.2) is 4.79 Å². The summed E-state index contributed by atoms with van der Waals surface area (Å²) in [7, 11) is 0. The summed E-state index contributed by atoms with van der Waals surface area (Å²) in [6.45, 7) is 6.26. The van der Waals surface area contributed by atoms with Crippen LogP contribution in [0.15, 0.2) is 17.8 Å². The van der Waals surface area contributed by atoms with Gasteiger partial charge in [0.05, 0.1) is 39.6 Å². The van der Waals surface area contributed by atoms with Crippen LogP contribution in [0.1, 0.15) is 0 Å². The number of hydrogen-bond acceptors (Lipinski definition) is 6. The Morgan fingerprint density at radius 3 is 2.11 bits per heavy atom. The summed E-state index contributed by atoms with van der Waals surface area (Å²) in [6.07, 6.45) is 1.10. The number of esters is 1. The summed E-state index contributed by atoms with van der Waals surface area (Å²) in [5.74, 6) is -0.460. The molecule has 0 bridgehead atoms. The quantitative estimate of drug-likeness (QED) is 0.125. The Morgan fingerprint density at radius 1 is 1.05 bits per heavy atom. The summed E-state index contributed by atoms with van der Waals surface area (Å²) < 4.78 is 20.2. The lowest BCUT2D eigenvalue weighted by atomic mass is 10.6. The average Bonchev–Trinajstić information content (AvgIpc) is 2.43. The Hall–Kier alpha value is -1.60. The smallest absolute Gasteiger partial charge is 0.330 e. The highest BCUT2D eigenvalue weighted by molar-refractivity contribution is 5.81. The summed E-state index contributed by atoms with van der Waals surface area (Å²) in [6, 6.07) is 0. The van der Waals surface area contributed by atoms with Gasteiger partial charge in [-0.2, -0.15) is 0 Å². The van der Waals surface area contributed by atoms with E-state index in [1.165, 1.54) is 0 Å². The van der Waals surface area contributed by atoms with E-state index >= 15 is 0 Å². The molecule has 0 aromatic heterocycles. The molecule has 0 amide bonds. The van der Waals surface area contributed by atoms with Gasteiger partial charge in [0.15, 0.2) is 0 Å². The summed E-state index contributed by atoms with van der Waals surface area (Å²) in [4.78, 5) is 13.2. The van der Waals surface area contributed by atoms with Crippen molar-refractivity contribution < 1.29 is 23.7 Å². The Kier molecular flexibility index (Phi) is 13.2. The zero-order valence-electron chi connectivity index (χ0n) is 10.8. The normalized spacial score (nSPS) is 9.68. The fraction of sp³-hybridized carbons (Fsp3) is 0.727. The summed E-state index contributed by atoms with van der Waals surface area (Å²) in [5.41, 5.74) is 8.00. The van der Waals surface area contributed by atoms with E-state index < -0.39 is 5.97 Å². The van der Waals surface area contributed by atoms with Crippen molar-refractivity contribution in [1.82, 2.24) is 0 Å². The van der Waals surface area contributed by atoms with Crippen LogP contribution in [-0.2, 0) is 23.7 Å². The number of carbonyl (C=O) groups excluding carboxylic acids is 1. The molecule has 0 saturated carbocycles. The maximum absolute atomic E-state index is 10.7. The SMILES string of the molecule is C=CC(=O)OCCOCCOCCOCCN=[N+]=[N-]. The molecule has 0 aromatic carbocycles. The number of hydrogen-bond donors (Lipinski definition) is 0. The lowest BCUT2D eigenvalue weighted by molar-refractivity contribution is -0.139. The van der Waals surface area contributed by atoms with Gasteiger partial charge in [0.25, 0.3) is 0 Å². The largest absolute Gasteiger partial charge is 0.460 e. The van der Waals surface area contributed by atoms with Crippen LogP contribution >= 0.6 is 0 Å². The molecule has 0 radical (unpaired) electrons. The molecule has 0 aromatic rings. The molecule has 0 aliphatic rings. The summed E-state index contributed by atoms with van der Waals surface area (Å²) >= 11 is 0. The molecular formula is C11H19N3O5. The van der Waals surface area contributed by atoms with Gasteiger partial charge < -0.3 is 18.9 Å². The Morgan fingerprint density at radius 2 is 1.58 bits per heavy atom. The van der Waals surface area contributed by atoms with Gasteiger partial charge in [-0.05, 0) is 5.53 Å². The Balaban J connectivity index is 3.04. The minimum atomic E-state index is -0.460. The molecule has 8 heteroatoms. The molecule has 0 aliphatic heterocycles. The number of ether oxygens (including phenoxy) is 4. The van der Waals surface area contributed by atoms with E-state index in [1.54, 1.807) is 0 Å². The minimum absolute atomic E-state index is 0.202. The van der Waals surface area contributed by atoms with E-state index in [-0.39, 0.29) is 6.61 Å². The third-order valence-electron chi connectivity index (χ3n) is 1.78. The van der Waals surface area contributed by atoms with Gasteiger partial charge in [-0.1, -0.05) is 11.7 Å². The van der Waals surface area contributed by atoms with Crippen LogP contribution in [0.2, 0.25) is 0 Å². The van der Waals surface area contributed by atoms with Crippen LogP contribution in [0.25, 0.3) is 10.4 Å². The van der Waals surface area contributed by atoms with Crippen LogP contribution in [0.5, 0.6) is 0 Å². The molecule has 108 valence electrons. The molecular weight excluding hydrogens is 254 g/mol. The second-order valence-electron chi connectivity index (χ2n) is 3.16. The highest BCUT2D eigenvalue weighted by Crippen LogP contribution is 1.84. The van der Waals surface area contributed by atoms with E-state index in [1.807, 2.05) is 0 Å². The average molecular weight is 273 g/mol. The highest BCUT2D eigenvalue weighted by atomic mass is 16.6. The Bertz CT molecular complexity index is 292. The number of nitrogens with zero attached hydrogens (tertiary/aromatic N) is 3. The van der Waals surface area contributed by atoms with Gasteiger partial charge in [-0.3, -0.25) is 0 Å². The van der Waals surface area contributed by atoms with Gasteiger partial charge >= 0.3 is 5.97 Å². The third kappa shape index (κ3) is 14.3. The fourth-order valence-electron chi connectivity index (χ4n) is 0.952. The first kappa shape index (κ1) is 17.4. The van der Waals surface area contributed by atoms with Crippen molar-refractivity contribution in [2.75, 3.05) is 52.8 Å². The molecule has 0 spiro atoms. The topological polar surface area (TPSA) is 103 Å². The monoisotopic (exact) mass is 273 g/mol. The van der Waals surface area contributed by atoms with E-state index in [0.29, 0.717) is 46.2 Å². The van der Waals surface area contributed by atoms with Gasteiger partial charge in [-0.15, -0.1) is 0 Å². The van der Waals surface area contributed by atoms with Crippen LogP contribution in [-0.4, -0.2) is 58.8 Å².